The van der Waals surface area contributed by atoms with E-state index in [9.17, 15) is 4.79 Å². The number of aromatic nitrogens is 2. The van der Waals surface area contributed by atoms with Crippen LogP contribution >= 0.6 is 34.8 Å². The second kappa shape index (κ2) is 4.13. The van der Waals surface area contributed by atoms with Gasteiger partial charge < -0.3 is 5.32 Å². The largest absolute Gasteiger partial charge is 0.322 e. The van der Waals surface area contributed by atoms with Gasteiger partial charge in [0.25, 0.3) is 9.70 Å². The van der Waals surface area contributed by atoms with Gasteiger partial charge in [-0.05, 0) is 18.2 Å². The molecule has 1 amide bonds. The third kappa shape index (κ3) is 2.40. The lowest BCUT2D eigenvalue weighted by Crippen LogP contribution is -2.26. The number of amides is 1. The summed E-state index contributed by atoms with van der Waals surface area (Å²) in [7, 11) is 0. The van der Waals surface area contributed by atoms with E-state index in [1.807, 2.05) is 0 Å². The maximum Gasteiger partial charge on any atom is 0.276 e. The predicted molar refractivity (Wildman–Crippen MR) is 65.0 cm³/mol. The van der Waals surface area contributed by atoms with Crippen molar-refractivity contribution >= 4 is 57.3 Å². The smallest absolute Gasteiger partial charge is 0.276 e. The van der Waals surface area contributed by atoms with Gasteiger partial charge in [0.1, 0.15) is 0 Å². The van der Waals surface area contributed by atoms with Gasteiger partial charge in [-0.15, -0.1) is 0 Å². The second-order valence-corrected chi connectivity index (χ2v) is 5.41. The summed E-state index contributed by atoms with van der Waals surface area (Å²) >= 11 is 16.3. The number of aromatic amines is 1. The number of carbonyl (C=O) groups is 1. The lowest BCUT2D eigenvalue weighted by atomic mass is 10.2. The lowest BCUT2D eigenvalue weighted by Gasteiger charge is -2.11. The molecule has 0 saturated heterocycles. The Labute approximate surface area is 106 Å². The van der Waals surface area contributed by atoms with Crippen LogP contribution in [0.4, 0.5) is 5.69 Å². The highest BCUT2D eigenvalue weighted by atomic mass is 35.6. The number of benzene rings is 1. The Balaban J connectivity index is 2.24. The molecule has 84 valence electrons. The van der Waals surface area contributed by atoms with Crippen molar-refractivity contribution in [3.05, 3.63) is 24.4 Å². The molecule has 0 atom stereocenters. The molecule has 1 aromatic heterocycles. The number of alkyl halides is 3. The summed E-state index contributed by atoms with van der Waals surface area (Å²) in [5.41, 5.74) is 1.33. The minimum Gasteiger partial charge on any atom is -0.322 e. The number of carbonyl (C=O) groups excluding carboxylic acids is 1. The van der Waals surface area contributed by atoms with Crippen LogP contribution in [0, 0.1) is 0 Å². The first-order chi connectivity index (χ1) is 7.47. The van der Waals surface area contributed by atoms with Crippen molar-refractivity contribution < 1.29 is 4.79 Å². The molecule has 0 spiro atoms. The van der Waals surface area contributed by atoms with Crippen molar-refractivity contribution in [2.75, 3.05) is 5.32 Å². The molecule has 1 aromatic carbocycles. The number of fused-ring (bicyclic) bond motifs is 1. The maximum absolute atomic E-state index is 11.4. The summed E-state index contributed by atoms with van der Waals surface area (Å²) in [5, 5.41) is 10.0. The van der Waals surface area contributed by atoms with E-state index in [1.54, 1.807) is 24.4 Å². The molecule has 2 N–H and O–H groups in total. The quantitative estimate of drug-likeness (QED) is 0.788. The highest BCUT2D eigenvalue weighted by Crippen LogP contribution is 2.28. The Hall–Kier alpha value is -0.970. The average Bonchev–Trinajstić information content (AvgIpc) is 2.63. The molecule has 2 rings (SSSR count). The zero-order valence-corrected chi connectivity index (χ0v) is 10.1. The van der Waals surface area contributed by atoms with Gasteiger partial charge in [-0.1, -0.05) is 34.8 Å². The number of halogens is 3. The van der Waals surface area contributed by atoms with E-state index < -0.39 is 9.70 Å². The van der Waals surface area contributed by atoms with Crippen LogP contribution in [0.1, 0.15) is 0 Å². The van der Waals surface area contributed by atoms with Gasteiger partial charge >= 0.3 is 0 Å². The minimum absolute atomic E-state index is 0.535. The lowest BCUT2D eigenvalue weighted by molar-refractivity contribution is -0.115. The summed E-state index contributed by atoms with van der Waals surface area (Å²) in [5.74, 6) is -0.698. The van der Waals surface area contributed by atoms with Gasteiger partial charge in [0, 0.05) is 11.1 Å². The molecule has 0 unspecified atom stereocenters. The van der Waals surface area contributed by atoms with E-state index in [0.29, 0.717) is 5.69 Å². The number of nitrogens with zero attached hydrogens (tertiary/aromatic N) is 1. The molecule has 7 heteroatoms. The molecule has 0 radical (unpaired) electrons. The van der Waals surface area contributed by atoms with Crippen LogP contribution in [-0.2, 0) is 4.79 Å². The molecule has 16 heavy (non-hydrogen) atoms. The number of rotatable bonds is 1. The third-order valence-electron chi connectivity index (χ3n) is 1.96. The zero-order valence-electron chi connectivity index (χ0n) is 7.80. The van der Waals surface area contributed by atoms with Gasteiger partial charge in [-0.25, -0.2) is 0 Å². The van der Waals surface area contributed by atoms with Crippen LogP contribution < -0.4 is 5.32 Å². The SMILES string of the molecule is O=C(Nc1ccc2cn[nH]c2c1)C(Cl)(Cl)Cl. The fourth-order valence-electron chi connectivity index (χ4n) is 1.22. The second-order valence-electron chi connectivity index (χ2n) is 3.12. The zero-order chi connectivity index (χ0) is 11.8. The fourth-order valence-corrected chi connectivity index (χ4v) is 1.36. The normalized spacial score (nSPS) is 11.7. The predicted octanol–water partition coefficient (Wildman–Crippen LogP) is 2.87. The van der Waals surface area contributed by atoms with Gasteiger partial charge in [-0.3, -0.25) is 9.89 Å². The fraction of sp³-hybridized carbons (Fsp3) is 0.111. The van der Waals surface area contributed by atoms with Gasteiger partial charge in [0.2, 0.25) is 0 Å². The van der Waals surface area contributed by atoms with E-state index in [-0.39, 0.29) is 0 Å². The van der Waals surface area contributed by atoms with Crippen molar-refractivity contribution in [1.82, 2.24) is 10.2 Å². The summed E-state index contributed by atoms with van der Waals surface area (Å²) in [6.45, 7) is 0. The number of hydrogen-bond acceptors (Lipinski definition) is 2. The standard InChI is InChI=1S/C9H6Cl3N3O/c10-9(11,12)8(16)14-6-2-1-5-4-13-15-7(5)3-6/h1-4H,(H,13,15)(H,14,16). The van der Waals surface area contributed by atoms with Crippen molar-refractivity contribution in [2.24, 2.45) is 0 Å². The molecule has 1 heterocycles. The van der Waals surface area contributed by atoms with Gasteiger partial charge in [-0.2, -0.15) is 5.10 Å². The van der Waals surface area contributed by atoms with Crippen LogP contribution in [0.5, 0.6) is 0 Å². The first-order valence-corrected chi connectivity index (χ1v) is 5.41. The highest BCUT2D eigenvalue weighted by Gasteiger charge is 2.30. The number of nitrogens with one attached hydrogen (secondary N) is 2. The van der Waals surface area contributed by atoms with Crippen LogP contribution in [-0.4, -0.2) is 19.9 Å². The first kappa shape index (κ1) is 11.5. The summed E-state index contributed by atoms with van der Waals surface area (Å²) in [4.78, 5) is 11.4. The molecule has 0 fully saturated rings. The third-order valence-corrected chi connectivity index (χ3v) is 2.47. The molecule has 0 aliphatic carbocycles. The van der Waals surface area contributed by atoms with Crippen LogP contribution in [0.3, 0.4) is 0 Å². The number of H-pyrrole nitrogens is 1. The van der Waals surface area contributed by atoms with Gasteiger partial charge in [0.15, 0.2) is 0 Å². The monoisotopic (exact) mass is 277 g/mol. The van der Waals surface area contributed by atoms with Crippen molar-refractivity contribution in [3.8, 4) is 0 Å². The maximum atomic E-state index is 11.4. The van der Waals surface area contributed by atoms with Crippen LogP contribution in [0.25, 0.3) is 10.9 Å². The van der Waals surface area contributed by atoms with Crippen LogP contribution in [0.15, 0.2) is 24.4 Å². The Bertz CT molecular complexity index is 532. The summed E-state index contributed by atoms with van der Waals surface area (Å²) in [6, 6.07) is 5.20. The minimum atomic E-state index is -1.97. The molecule has 4 nitrogen and oxygen atoms in total. The van der Waals surface area contributed by atoms with Crippen molar-refractivity contribution in [3.63, 3.8) is 0 Å². The summed E-state index contributed by atoms with van der Waals surface area (Å²) < 4.78 is -1.97. The van der Waals surface area contributed by atoms with Gasteiger partial charge in [0.05, 0.1) is 11.7 Å². The topological polar surface area (TPSA) is 57.8 Å². The Morgan fingerprint density at radius 2 is 2.12 bits per heavy atom. The highest BCUT2D eigenvalue weighted by molar-refractivity contribution is 6.76. The molecule has 0 aliphatic rings. The molecule has 0 aliphatic heterocycles. The molecular weight excluding hydrogens is 272 g/mol. The molecule has 0 bridgehead atoms. The Morgan fingerprint density at radius 3 is 2.81 bits per heavy atom. The molecular formula is C9H6Cl3N3O. The van der Waals surface area contributed by atoms with Crippen molar-refractivity contribution in [1.29, 1.82) is 0 Å². The van der Waals surface area contributed by atoms with Crippen molar-refractivity contribution in [2.45, 2.75) is 3.79 Å². The number of hydrogen-bond donors (Lipinski definition) is 2. The Morgan fingerprint density at radius 1 is 1.38 bits per heavy atom. The molecule has 0 saturated carbocycles. The number of anilines is 1. The van der Waals surface area contributed by atoms with E-state index in [2.05, 4.69) is 15.5 Å². The molecule has 2 aromatic rings. The van der Waals surface area contributed by atoms with Crippen LogP contribution in [0.2, 0.25) is 0 Å². The van der Waals surface area contributed by atoms with E-state index >= 15 is 0 Å². The Kier molecular flexibility index (Phi) is 2.97. The van der Waals surface area contributed by atoms with E-state index in [0.717, 1.165) is 10.9 Å². The first-order valence-electron chi connectivity index (χ1n) is 4.28. The summed E-state index contributed by atoms with van der Waals surface area (Å²) in [6.07, 6.45) is 1.68. The average molecular weight is 279 g/mol. The van der Waals surface area contributed by atoms with E-state index in [1.165, 1.54) is 0 Å². The van der Waals surface area contributed by atoms with E-state index in [4.69, 9.17) is 34.8 Å².